The molecule has 1 unspecified atom stereocenters. The predicted molar refractivity (Wildman–Crippen MR) is 29.5 cm³/mol. The lowest BCUT2D eigenvalue weighted by Gasteiger charge is -2.20. The molecule has 0 fully saturated rings. The van der Waals surface area contributed by atoms with Gasteiger partial charge in [0, 0.05) is 5.57 Å². The van der Waals surface area contributed by atoms with Gasteiger partial charge in [-0.2, -0.15) is 0 Å². The lowest BCUT2D eigenvalue weighted by atomic mass is 9.85. The number of Topliss-reactive ketones (excluding diaryl/α,β-unsaturated/α-hetero) is 1. The standard InChI is InChI=1S/C6H8O2/c1-3-5(7)4(2)6(3)8/h3,7H,1-2H3. The number of rotatable bonds is 0. The van der Waals surface area contributed by atoms with E-state index in [1.165, 1.54) is 0 Å². The van der Waals surface area contributed by atoms with Crippen LogP contribution in [0.1, 0.15) is 13.8 Å². The number of allylic oxidation sites excluding steroid dienone is 2. The van der Waals surface area contributed by atoms with E-state index in [1.807, 2.05) is 0 Å². The number of carbonyl (C=O) groups excluding carboxylic acids is 1. The molecule has 0 bridgehead atoms. The second-order valence-corrected chi connectivity index (χ2v) is 2.10. The Morgan fingerprint density at radius 1 is 1.62 bits per heavy atom. The van der Waals surface area contributed by atoms with Crippen molar-refractivity contribution in [1.82, 2.24) is 0 Å². The highest BCUT2D eigenvalue weighted by molar-refractivity contribution is 6.05. The SMILES string of the molecule is CC1=C(O)C(C)C1=O. The zero-order valence-corrected chi connectivity index (χ0v) is 4.93. The van der Waals surface area contributed by atoms with Crippen LogP contribution in [0, 0.1) is 5.92 Å². The molecule has 1 aliphatic carbocycles. The van der Waals surface area contributed by atoms with E-state index in [1.54, 1.807) is 13.8 Å². The van der Waals surface area contributed by atoms with Gasteiger partial charge in [0.15, 0.2) is 5.78 Å². The second-order valence-electron chi connectivity index (χ2n) is 2.10. The summed E-state index contributed by atoms with van der Waals surface area (Å²) in [6.07, 6.45) is 0. The van der Waals surface area contributed by atoms with E-state index >= 15 is 0 Å². The molecule has 0 aliphatic heterocycles. The van der Waals surface area contributed by atoms with Gasteiger partial charge in [-0.3, -0.25) is 4.79 Å². The molecule has 1 N–H and O–H groups in total. The quantitative estimate of drug-likeness (QED) is 0.508. The maximum absolute atomic E-state index is 10.6. The molecule has 0 spiro atoms. The number of hydrogen-bond donors (Lipinski definition) is 1. The largest absolute Gasteiger partial charge is 0.511 e. The minimum absolute atomic E-state index is 0.0718. The van der Waals surface area contributed by atoms with Crippen LogP contribution in [0.5, 0.6) is 0 Å². The maximum Gasteiger partial charge on any atom is 0.172 e. The fourth-order valence-corrected chi connectivity index (χ4v) is 0.822. The van der Waals surface area contributed by atoms with Gasteiger partial charge in [-0.05, 0) is 13.8 Å². The summed E-state index contributed by atoms with van der Waals surface area (Å²) < 4.78 is 0. The first kappa shape index (κ1) is 5.35. The van der Waals surface area contributed by atoms with Gasteiger partial charge < -0.3 is 5.11 Å². The van der Waals surface area contributed by atoms with Crippen LogP contribution in [0.15, 0.2) is 11.3 Å². The summed E-state index contributed by atoms with van der Waals surface area (Å²) in [5, 5.41) is 8.81. The summed E-state index contributed by atoms with van der Waals surface area (Å²) in [5.74, 6) is 0.104. The number of ketones is 1. The van der Waals surface area contributed by atoms with Gasteiger partial charge in [0.05, 0.1) is 5.92 Å². The normalized spacial score (nSPS) is 28.2. The van der Waals surface area contributed by atoms with Crippen LogP contribution in [-0.2, 0) is 4.79 Å². The minimum Gasteiger partial charge on any atom is -0.511 e. The fourth-order valence-electron chi connectivity index (χ4n) is 0.822. The Kier molecular flexibility index (Phi) is 0.897. The van der Waals surface area contributed by atoms with Crippen molar-refractivity contribution >= 4 is 5.78 Å². The first-order valence-corrected chi connectivity index (χ1v) is 2.58. The molecule has 0 saturated carbocycles. The molecule has 0 radical (unpaired) electrons. The number of aliphatic hydroxyl groups excluding tert-OH is 1. The van der Waals surface area contributed by atoms with Crippen molar-refractivity contribution in [2.24, 2.45) is 5.92 Å². The molecular weight excluding hydrogens is 104 g/mol. The minimum atomic E-state index is -0.227. The van der Waals surface area contributed by atoms with E-state index in [0.29, 0.717) is 5.57 Å². The van der Waals surface area contributed by atoms with Crippen LogP contribution in [0.25, 0.3) is 0 Å². The Balaban J connectivity index is 2.90. The lowest BCUT2D eigenvalue weighted by molar-refractivity contribution is -0.121. The van der Waals surface area contributed by atoms with Crippen molar-refractivity contribution in [1.29, 1.82) is 0 Å². The molecule has 0 aromatic rings. The summed E-state index contributed by atoms with van der Waals surface area (Å²) in [5.41, 5.74) is 0.525. The monoisotopic (exact) mass is 112 g/mol. The van der Waals surface area contributed by atoms with E-state index in [0.717, 1.165) is 0 Å². The molecule has 2 heteroatoms. The molecule has 2 nitrogen and oxygen atoms in total. The Labute approximate surface area is 47.8 Å². The molecule has 1 aliphatic rings. The fraction of sp³-hybridized carbons (Fsp3) is 0.500. The molecular formula is C6H8O2. The predicted octanol–water partition coefficient (Wildman–Crippen LogP) is 1.04. The van der Waals surface area contributed by atoms with Crippen LogP contribution < -0.4 is 0 Å². The number of aliphatic hydroxyl groups is 1. The highest BCUT2D eigenvalue weighted by Gasteiger charge is 2.31. The summed E-state index contributed by atoms with van der Waals surface area (Å²) >= 11 is 0. The van der Waals surface area contributed by atoms with Crippen molar-refractivity contribution in [3.05, 3.63) is 11.3 Å². The summed E-state index contributed by atoms with van der Waals surface area (Å²) in [6, 6.07) is 0. The third-order valence-corrected chi connectivity index (χ3v) is 1.56. The van der Waals surface area contributed by atoms with Gasteiger partial charge in [-0.1, -0.05) is 0 Å². The van der Waals surface area contributed by atoms with Gasteiger partial charge in [0.1, 0.15) is 5.76 Å². The van der Waals surface area contributed by atoms with Crippen molar-refractivity contribution in [2.75, 3.05) is 0 Å². The van der Waals surface area contributed by atoms with Crippen molar-refractivity contribution < 1.29 is 9.90 Å². The molecule has 1 rings (SSSR count). The van der Waals surface area contributed by atoms with Gasteiger partial charge in [0.25, 0.3) is 0 Å². The van der Waals surface area contributed by atoms with E-state index in [-0.39, 0.29) is 17.5 Å². The van der Waals surface area contributed by atoms with Crippen LogP contribution in [0.2, 0.25) is 0 Å². The lowest BCUT2D eigenvalue weighted by Crippen LogP contribution is -2.26. The Morgan fingerprint density at radius 3 is 2.25 bits per heavy atom. The van der Waals surface area contributed by atoms with Gasteiger partial charge >= 0.3 is 0 Å². The van der Waals surface area contributed by atoms with Crippen molar-refractivity contribution in [3.8, 4) is 0 Å². The van der Waals surface area contributed by atoms with Crippen LogP contribution >= 0.6 is 0 Å². The Hall–Kier alpha value is -0.790. The highest BCUT2D eigenvalue weighted by Crippen LogP contribution is 2.26. The molecule has 0 aromatic heterocycles. The van der Waals surface area contributed by atoms with E-state index in [4.69, 9.17) is 5.11 Å². The molecule has 0 amide bonds. The summed E-state index contributed by atoms with van der Waals surface area (Å²) in [7, 11) is 0. The van der Waals surface area contributed by atoms with E-state index < -0.39 is 0 Å². The average molecular weight is 112 g/mol. The summed E-state index contributed by atoms with van der Waals surface area (Å²) in [4.78, 5) is 10.6. The van der Waals surface area contributed by atoms with Crippen molar-refractivity contribution in [2.45, 2.75) is 13.8 Å². The highest BCUT2D eigenvalue weighted by atomic mass is 16.3. The number of carbonyl (C=O) groups is 1. The molecule has 8 heavy (non-hydrogen) atoms. The van der Waals surface area contributed by atoms with Crippen molar-refractivity contribution in [3.63, 3.8) is 0 Å². The van der Waals surface area contributed by atoms with E-state index in [9.17, 15) is 4.79 Å². The first-order chi connectivity index (χ1) is 3.64. The molecule has 0 aromatic carbocycles. The zero-order valence-electron chi connectivity index (χ0n) is 4.93. The molecule has 1 atom stereocenters. The van der Waals surface area contributed by atoms with Crippen LogP contribution in [-0.4, -0.2) is 10.9 Å². The first-order valence-electron chi connectivity index (χ1n) is 2.58. The molecule has 44 valence electrons. The summed E-state index contributed by atoms with van der Waals surface area (Å²) in [6.45, 7) is 3.34. The van der Waals surface area contributed by atoms with Gasteiger partial charge in [-0.25, -0.2) is 0 Å². The third-order valence-electron chi connectivity index (χ3n) is 1.56. The van der Waals surface area contributed by atoms with Gasteiger partial charge in [-0.15, -0.1) is 0 Å². The average Bonchev–Trinajstić information content (AvgIpc) is 1.83. The molecule has 0 heterocycles. The van der Waals surface area contributed by atoms with Crippen LogP contribution in [0.4, 0.5) is 0 Å². The van der Waals surface area contributed by atoms with Gasteiger partial charge in [0.2, 0.25) is 0 Å². The Morgan fingerprint density at radius 2 is 2.12 bits per heavy atom. The van der Waals surface area contributed by atoms with Crippen LogP contribution in [0.3, 0.4) is 0 Å². The second kappa shape index (κ2) is 1.34. The zero-order chi connectivity index (χ0) is 6.31. The third kappa shape index (κ3) is 0.399. The maximum atomic E-state index is 10.6. The van der Waals surface area contributed by atoms with E-state index in [2.05, 4.69) is 0 Å². The molecule has 0 saturated heterocycles. The Bertz CT molecular complexity index is 167. The number of hydrogen-bond acceptors (Lipinski definition) is 2. The topological polar surface area (TPSA) is 37.3 Å². The smallest absolute Gasteiger partial charge is 0.172 e.